The molecule has 0 spiro atoms. The van der Waals surface area contributed by atoms with E-state index in [0.29, 0.717) is 17.1 Å². The molecule has 0 bridgehead atoms. The smallest absolute Gasteiger partial charge is 0.412 e. The maximum absolute atomic E-state index is 12.6. The van der Waals surface area contributed by atoms with Crippen LogP contribution in [0.15, 0.2) is 83.4 Å². The molecule has 0 aliphatic carbocycles. The minimum atomic E-state index is -0.571. The lowest BCUT2D eigenvalue weighted by atomic mass is 10.0. The predicted octanol–water partition coefficient (Wildman–Crippen LogP) is 6.65. The summed E-state index contributed by atoms with van der Waals surface area (Å²) < 4.78 is 11.1. The van der Waals surface area contributed by atoms with Crippen molar-refractivity contribution in [1.29, 1.82) is 0 Å². The molecule has 1 aromatic heterocycles. The molecule has 0 saturated carbocycles. The number of ether oxygens (including phenoxy) is 1. The van der Waals surface area contributed by atoms with Gasteiger partial charge in [-0.2, -0.15) is 0 Å². The molecule has 0 radical (unpaired) electrons. The topological polar surface area (TPSA) is 84.7 Å². The normalized spacial score (nSPS) is 15.8. The molecule has 1 aliphatic rings. The first-order valence-electron chi connectivity index (χ1n) is 12.4. The summed E-state index contributed by atoms with van der Waals surface area (Å²) in [5.41, 5.74) is 6.04. The molecule has 7 heteroatoms. The summed E-state index contributed by atoms with van der Waals surface area (Å²) in [6, 6.07) is 25.9. The number of nitrogens with one attached hydrogen (secondary N) is 1. The second kappa shape index (κ2) is 10.7. The highest BCUT2D eigenvalue weighted by atomic mass is 16.6. The Hall–Kier alpha value is -4.39. The highest BCUT2D eigenvalue weighted by Gasteiger charge is 2.22. The third-order valence-corrected chi connectivity index (χ3v) is 6.77. The summed E-state index contributed by atoms with van der Waals surface area (Å²) in [4.78, 5) is 25.9. The highest BCUT2D eigenvalue weighted by molar-refractivity contribution is 5.91. The number of nitrogens with zero attached hydrogens (tertiary/aromatic N) is 2. The fourth-order valence-electron chi connectivity index (χ4n) is 4.61. The van der Waals surface area contributed by atoms with E-state index in [9.17, 15) is 9.59 Å². The van der Waals surface area contributed by atoms with Gasteiger partial charge in [-0.05, 0) is 49.1 Å². The first-order valence-corrected chi connectivity index (χ1v) is 12.4. The van der Waals surface area contributed by atoms with E-state index in [2.05, 4.69) is 39.6 Å². The van der Waals surface area contributed by atoms with Crippen LogP contribution in [0.1, 0.15) is 30.7 Å². The zero-order valence-electron chi connectivity index (χ0n) is 20.9. The number of amides is 1. The van der Waals surface area contributed by atoms with E-state index < -0.39 is 12.2 Å². The quantitative estimate of drug-likeness (QED) is 0.289. The van der Waals surface area contributed by atoms with E-state index >= 15 is 0 Å². The van der Waals surface area contributed by atoms with E-state index in [0.717, 1.165) is 53.7 Å². The standard InChI is InChI=1S/C30H29N3O4/c1-20-28(31-30(35)36-21(2)23-6-4-3-5-7-23)29(37-32-20)26-10-8-24(9-11-26)25-12-14-27(15-13-25)33-17-16-22(18-33)19-34/h3-15,19,21-22H,16-18H2,1-2H3,(H,31,35)/t21-,22-/m1/s1. The number of carbonyl (C=O) groups is 2. The van der Waals surface area contributed by atoms with Gasteiger partial charge in [0.15, 0.2) is 5.76 Å². The first kappa shape index (κ1) is 24.3. The van der Waals surface area contributed by atoms with Crippen LogP contribution < -0.4 is 10.2 Å². The Morgan fingerprint density at radius 1 is 1.03 bits per heavy atom. The van der Waals surface area contributed by atoms with E-state index in [1.54, 1.807) is 6.92 Å². The van der Waals surface area contributed by atoms with Crippen molar-refractivity contribution in [1.82, 2.24) is 5.16 Å². The van der Waals surface area contributed by atoms with Gasteiger partial charge < -0.3 is 19.0 Å². The summed E-state index contributed by atoms with van der Waals surface area (Å²) in [6.45, 7) is 5.29. The number of anilines is 2. The summed E-state index contributed by atoms with van der Waals surface area (Å²) in [7, 11) is 0. The SMILES string of the molecule is Cc1noc(-c2ccc(-c3ccc(N4CC[C@@H](C=O)C4)cc3)cc2)c1NC(=O)O[C@H](C)c1ccccc1. The average molecular weight is 496 g/mol. The van der Waals surface area contributed by atoms with Gasteiger partial charge in [-0.3, -0.25) is 5.32 Å². The van der Waals surface area contributed by atoms with Crippen LogP contribution in [0.5, 0.6) is 0 Å². The molecule has 1 N–H and O–H groups in total. The van der Waals surface area contributed by atoms with Crippen molar-refractivity contribution in [3.8, 4) is 22.5 Å². The highest BCUT2D eigenvalue weighted by Crippen LogP contribution is 2.33. The molecule has 0 unspecified atom stereocenters. The first-order chi connectivity index (χ1) is 18.0. The number of hydrogen-bond donors (Lipinski definition) is 1. The van der Waals surface area contributed by atoms with Crippen molar-refractivity contribution in [2.75, 3.05) is 23.3 Å². The van der Waals surface area contributed by atoms with Gasteiger partial charge in [0, 0.05) is 30.3 Å². The van der Waals surface area contributed by atoms with Crippen LogP contribution in [0.25, 0.3) is 22.5 Å². The fraction of sp³-hybridized carbons (Fsp3) is 0.233. The van der Waals surface area contributed by atoms with Gasteiger partial charge in [0.2, 0.25) is 0 Å². The van der Waals surface area contributed by atoms with Gasteiger partial charge >= 0.3 is 6.09 Å². The second-order valence-electron chi connectivity index (χ2n) is 9.31. The van der Waals surface area contributed by atoms with Crippen LogP contribution in [0.4, 0.5) is 16.2 Å². The molecule has 5 rings (SSSR count). The van der Waals surface area contributed by atoms with Crippen molar-refractivity contribution >= 4 is 23.8 Å². The lowest BCUT2D eigenvalue weighted by Crippen LogP contribution is -2.19. The van der Waals surface area contributed by atoms with Crippen molar-refractivity contribution in [3.05, 3.63) is 90.1 Å². The zero-order chi connectivity index (χ0) is 25.8. The van der Waals surface area contributed by atoms with E-state index in [1.807, 2.05) is 61.5 Å². The van der Waals surface area contributed by atoms with Gasteiger partial charge in [0.05, 0.1) is 0 Å². The van der Waals surface area contributed by atoms with Crippen LogP contribution in [0.2, 0.25) is 0 Å². The molecule has 2 heterocycles. The van der Waals surface area contributed by atoms with Crippen molar-refractivity contribution in [2.45, 2.75) is 26.4 Å². The third kappa shape index (κ3) is 5.40. The van der Waals surface area contributed by atoms with Crippen LogP contribution in [-0.2, 0) is 9.53 Å². The molecule has 2 atom stereocenters. The Bertz CT molecular complexity index is 1360. The lowest BCUT2D eigenvalue weighted by molar-refractivity contribution is -0.110. The Balaban J connectivity index is 1.27. The number of benzene rings is 3. The molecular formula is C30H29N3O4. The molecule has 3 aromatic carbocycles. The summed E-state index contributed by atoms with van der Waals surface area (Å²) in [5, 5.41) is 6.85. The van der Waals surface area contributed by atoms with E-state index in [-0.39, 0.29) is 5.92 Å². The van der Waals surface area contributed by atoms with E-state index in [1.165, 1.54) is 0 Å². The number of aromatic nitrogens is 1. The fourth-order valence-corrected chi connectivity index (χ4v) is 4.61. The number of aryl methyl sites for hydroxylation is 1. The van der Waals surface area contributed by atoms with Gasteiger partial charge in [-0.25, -0.2) is 4.79 Å². The molecule has 1 saturated heterocycles. The summed E-state index contributed by atoms with van der Waals surface area (Å²) in [6.07, 6.45) is 1.00. The number of rotatable bonds is 7. The molecule has 37 heavy (non-hydrogen) atoms. The zero-order valence-corrected chi connectivity index (χ0v) is 20.9. The monoisotopic (exact) mass is 495 g/mol. The van der Waals surface area contributed by atoms with E-state index in [4.69, 9.17) is 9.26 Å². The molecule has 7 nitrogen and oxygen atoms in total. The Morgan fingerprint density at radius 3 is 2.32 bits per heavy atom. The second-order valence-corrected chi connectivity index (χ2v) is 9.31. The third-order valence-electron chi connectivity index (χ3n) is 6.77. The van der Waals surface area contributed by atoms with Crippen molar-refractivity contribution < 1.29 is 18.8 Å². The molecule has 1 amide bonds. The maximum atomic E-state index is 12.6. The number of aldehydes is 1. The predicted molar refractivity (Wildman–Crippen MR) is 143 cm³/mol. The lowest BCUT2D eigenvalue weighted by Gasteiger charge is -2.18. The average Bonchev–Trinajstić information content (AvgIpc) is 3.56. The van der Waals surface area contributed by atoms with Gasteiger partial charge in [0.25, 0.3) is 0 Å². The van der Waals surface area contributed by atoms with Gasteiger partial charge in [-0.15, -0.1) is 0 Å². The molecular weight excluding hydrogens is 466 g/mol. The number of hydrogen-bond acceptors (Lipinski definition) is 6. The molecule has 1 aliphatic heterocycles. The van der Waals surface area contributed by atoms with Crippen LogP contribution >= 0.6 is 0 Å². The molecule has 1 fully saturated rings. The summed E-state index contributed by atoms with van der Waals surface area (Å²) in [5.74, 6) is 0.600. The van der Waals surface area contributed by atoms with Crippen LogP contribution in [0, 0.1) is 12.8 Å². The Kier molecular flexibility index (Phi) is 7.03. The van der Waals surface area contributed by atoms with Gasteiger partial charge in [-0.1, -0.05) is 71.9 Å². The largest absolute Gasteiger partial charge is 0.441 e. The minimum absolute atomic E-state index is 0.125. The summed E-state index contributed by atoms with van der Waals surface area (Å²) >= 11 is 0. The molecule has 188 valence electrons. The maximum Gasteiger partial charge on any atom is 0.412 e. The number of carbonyl (C=O) groups excluding carboxylic acids is 2. The molecule has 4 aromatic rings. The van der Waals surface area contributed by atoms with Crippen LogP contribution in [0.3, 0.4) is 0 Å². The van der Waals surface area contributed by atoms with Gasteiger partial charge in [0.1, 0.15) is 23.8 Å². The Morgan fingerprint density at radius 2 is 1.68 bits per heavy atom. The minimum Gasteiger partial charge on any atom is -0.441 e. The Labute approximate surface area is 216 Å². The van der Waals surface area contributed by atoms with Crippen molar-refractivity contribution in [3.63, 3.8) is 0 Å². The van der Waals surface area contributed by atoms with Crippen molar-refractivity contribution in [2.24, 2.45) is 5.92 Å². The van der Waals surface area contributed by atoms with Crippen LogP contribution in [-0.4, -0.2) is 30.6 Å².